The molecule has 0 radical (unpaired) electrons. The lowest BCUT2D eigenvalue weighted by molar-refractivity contribution is 0.0633. The molecule has 1 saturated heterocycles. The molecule has 1 unspecified atom stereocenters. The van der Waals surface area contributed by atoms with Crippen LogP contribution in [-0.4, -0.2) is 51.8 Å². The van der Waals surface area contributed by atoms with Gasteiger partial charge in [-0.2, -0.15) is 0 Å². The Morgan fingerprint density at radius 3 is 2.36 bits per heavy atom. The summed E-state index contributed by atoms with van der Waals surface area (Å²) >= 11 is 6.15. The molecule has 3 rings (SSSR count). The molecule has 1 amide bonds. The summed E-state index contributed by atoms with van der Waals surface area (Å²) in [6, 6.07) is 10.9. The molecule has 1 aliphatic rings. The number of carbonyl (C=O) groups excluding carboxylic acids is 1. The summed E-state index contributed by atoms with van der Waals surface area (Å²) in [6.07, 6.45) is 0. The maximum absolute atomic E-state index is 13.3. The van der Waals surface area contributed by atoms with Gasteiger partial charge in [0.05, 0.1) is 27.4 Å². The second-order valence-corrected chi connectivity index (χ2v) is 6.62. The number of carbonyl (C=O) groups is 1. The molecule has 2 aromatic rings. The Morgan fingerprint density at radius 2 is 1.79 bits per heavy atom. The zero-order valence-electron chi connectivity index (χ0n) is 16.0. The van der Waals surface area contributed by atoms with Gasteiger partial charge in [0.2, 0.25) is 5.75 Å². The number of hydrogen-bond donors (Lipinski definition) is 1. The van der Waals surface area contributed by atoms with Crippen LogP contribution in [0.15, 0.2) is 36.4 Å². The lowest BCUT2D eigenvalue weighted by atomic mass is 10.0. The van der Waals surface area contributed by atoms with Gasteiger partial charge in [-0.25, -0.2) is 0 Å². The van der Waals surface area contributed by atoms with Crippen molar-refractivity contribution in [3.05, 3.63) is 52.5 Å². The van der Waals surface area contributed by atoms with Crippen LogP contribution in [0.25, 0.3) is 0 Å². The first-order chi connectivity index (χ1) is 13.1. The Bertz CT molecular complexity index is 807. The predicted octanol–water partition coefficient (Wildman–Crippen LogP) is 3.57. The van der Waals surface area contributed by atoms with E-state index in [0.29, 0.717) is 40.9 Å². The van der Waals surface area contributed by atoms with Crippen molar-refractivity contribution < 1.29 is 19.0 Å². The van der Waals surface area contributed by atoms with Crippen molar-refractivity contribution in [1.82, 2.24) is 10.2 Å². The van der Waals surface area contributed by atoms with Gasteiger partial charge >= 0.3 is 0 Å². The van der Waals surface area contributed by atoms with Crippen LogP contribution in [0.5, 0.6) is 17.2 Å². The molecule has 2 aromatic carbocycles. The highest BCUT2D eigenvalue weighted by molar-refractivity contribution is 6.30. The van der Waals surface area contributed by atoms with E-state index in [9.17, 15) is 4.79 Å². The van der Waals surface area contributed by atoms with Crippen LogP contribution in [0.2, 0.25) is 5.02 Å². The molecule has 6 nitrogen and oxygen atoms in total. The van der Waals surface area contributed by atoms with Gasteiger partial charge in [0.1, 0.15) is 0 Å². The number of methoxy groups -OCH3 is 3. The Hall–Kier alpha value is -2.15. The molecule has 152 valence electrons. The molecular formula is C20H24Cl2N2O4. The summed E-state index contributed by atoms with van der Waals surface area (Å²) in [6.45, 7) is 1.98. The lowest BCUT2D eigenvalue weighted by Gasteiger charge is -2.37. The molecule has 1 aliphatic heterocycles. The summed E-state index contributed by atoms with van der Waals surface area (Å²) in [7, 11) is 4.60. The van der Waals surface area contributed by atoms with E-state index in [1.54, 1.807) is 12.1 Å². The number of benzene rings is 2. The fraction of sp³-hybridized carbons (Fsp3) is 0.350. The Kier molecular flexibility index (Phi) is 7.80. The molecule has 1 fully saturated rings. The van der Waals surface area contributed by atoms with Crippen molar-refractivity contribution in [3.8, 4) is 17.2 Å². The van der Waals surface area contributed by atoms with Crippen LogP contribution in [0, 0.1) is 0 Å². The Balaban J connectivity index is 0.00000280. The third kappa shape index (κ3) is 4.46. The van der Waals surface area contributed by atoms with Gasteiger partial charge in [-0.1, -0.05) is 23.7 Å². The van der Waals surface area contributed by atoms with Gasteiger partial charge in [-0.3, -0.25) is 4.79 Å². The van der Waals surface area contributed by atoms with E-state index in [1.165, 1.54) is 21.3 Å². The second-order valence-electron chi connectivity index (χ2n) is 6.19. The minimum atomic E-state index is -0.107. The fourth-order valence-electron chi connectivity index (χ4n) is 3.33. The van der Waals surface area contributed by atoms with Gasteiger partial charge in [-0.15, -0.1) is 12.4 Å². The number of nitrogens with zero attached hydrogens (tertiary/aromatic N) is 1. The molecule has 1 atom stereocenters. The van der Waals surface area contributed by atoms with Gasteiger partial charge in [-0.05, 0) is 29.8 Å². The van der Waals surface area contributed by atoms with E-state index in [1.807, 2.05) is 29.2 Å². The number of nitrogens with one attached hydrogen (secondary N) is 1. The second kappa shape index (κ2) is 9.87. The van der Waals surface area contributed by atoms with E-state index < -0.39 is 0 Å². The van der Waals surface area contributed by atoms with Crippen LogP contribution in [0.3, 0.4) is 0 Å². The molecule has 0 saturated carbocycles. The normalized spacial score (nSPS) is 16.1. The average Bonchev–Trinajstić information content (AvgIpc) is 2.72. The zero-order valence-corrected chi connectivity index (χ0v) is 17.6. The molecule has 8 heteroatoms. The highest BCUT2D eigenvalue weighted by atomic mass is 35.5. The number of piperazine rings is 1. The van der Waals surface area contributed by atoms with E-state index in [2.05, 4.69) is 5.32 Å². The van der Waals surface area contributed by atoms with Crippen LogP contribution >= 0.6 is 24.0 Å². The average molecular weight is 427 g/mol. The quantitative estimate of drug-likeness (QED) is 0.791. The van der Waals surface area contributed by atoms with E-state index in [4.69, 9.17) is 25.8 Å². The number of hydrogen-bond acceptors (Lipinski definition) is 5. The number of halogens is 2. The molecular weight excluding hydrogens is 403 g/mol. The molecule has 28 heavy (non-hydrogen) atoms. The molecule has 1 N–H and O–H groups in total. The number of rotatable bonds is 5. The smallest absolute Gasteiger partial charge is 0.254 e. The molecule has 0 spiro atoms. The standard InChI is InChI=1S/C20H23ClN2O4.ClH/c1-25-17-10-14(11-18(26-2)19(17)27-3)20(24)23-8-7-22-12-16(23)13-5-4-6-15(21)9-13;/h4-6,9-11,16,22H,7-8,12H2,1-3H3;1H. The number of amides is 1. The maximum Gasteiger partial charge on any atom is 0.254 e. The minimum Gasteiger partial charge on any atom is -0.493 e. The Morgan fingerprint density at radius 1 is 1.11 bits per heavy atom. The van der Waals surface area contributed by atoms with Crippen molar-refractivity contribution in [3.63, 3.8) is 0 Å². The lowest BCUT2D eigenvalue weighted by Crippen LogP contribution is -2.48. The van der Waals surface area contributed by atoms with E-state index in [-0.39, 0.29) is 24.4 Å². The number of ether oxygens (including phenoxy) is 3. The first-order valence-electron chi connectivity index (χ1n) is 8.66. The summed E-state index contributed by atoms with van der Waals surface area (Å²) < 4.78 is 16.1. The summed E-state index contributed by atoms with van der Waals surface area (Å²) in [5.41, 5.74) is 1.48. The molecule has 0 bridgehead atoms. The summed E-state index contributed by atoms with van der Waals surface area (Å²) in [4.78, 5) is 15.2. The third-order valence-corrected chi connectivity index (χ3v) is 4.88. The third-order valence-electron chi connectivity index (χ3n) is 4.65. The molecule has 0 aliphatic carbocycles. The van der Waals surface area contributed by atoms with Crippen LogP contribution in [0.1, 0.15) is 22.0 Å². The van der Waals surface area contributed by atoms with Crippen molar-refractivity contribution >= 4 is 29.9 Å². The van der Waals surface area contributed by atoms with Crippen LogP contribution in [0.4, 0.5) is 0 Å². The van der Waals surface area contributed by atoms with E-state index in [0.717, 1.165) is 12.1 Å². The highest BCUT2D eigenvalue weighted by Gasteiger charge is 2.30. The van der Waals surface area contributed by atoms with Gasteiger partial charge in [0.25, 0.3) is 5.91 Å². The monoisotopic (exact) mass is 426 g/mol. The fourth-order valence-corrected chi connectivity index (χ4v) is 3.53. The minimum absolute atomic E-state index is 0. The van der Waals surface area contributed by atoms with Crippen molar-refractivity contribution in [1.29, 1.82) is 0 Å². The Labute approximate surface area is 176 Å². The first kappa shape index (κ1) is 22.1. The van der Waals surface area contributed by atoms with Crippen molar-refractivity contribution in [2.45, 2.75) is 6.04 Å². The maximum atomic E-state index is 13.3. The SMILES string of the molecule is COc1cc(C(=O)N2CCNCC2c2cccc(Cl)c2)cc(OC)c1OC.Cl. The topological polar surface area (TPSA) is 60.0 Å². The zero-order chi connectivity index (χ0) is 19.4. The predicted molar refractivity (Wildman–Crippen MR) is 111 cm³/mol. The van der Waals surface area contributed by atoms with Crippen molar-refractivity contribution in [2.24, 2.45) is 0 Å². The highest BCUT2D eigenvalue weighted by Crippen LogP contribution is 2.39. The van der Waals surface area contributed by atoms with Crippen LogP contribution in [-0.2, 0) is 0 Å². The first-order valence-corrected chi connectivity index (χ1v) is 9.04. The molecule has 0 aromatic heterocycles. The van der Waals surface area contributed by atoms with Crippen molar-refractivity contribution in [2.75, 3.05) is 41.0 Å². The summed E-state index contributed by atoms with van der Waals surface area (Å²) in [5.74, 6) is 1.27. The van der Waals surface area contributed by atoms with Gasteiger partial charge < -0.3 is 24.4 Å². The molecule has 1 heterocycles. The largest absolute Gasteiger partial charge is 0.493 e. The van der Waals surface area contributed by atoms with Gasteiger partial charge in [0, 0.05) is 30.2 Å². The van der Waals surface area contributed by atoms with E-state index >= 15 is 0 Å². The summed E-state index contributed by atoms with van der Waals surface area (Å²) in [5, 5.41) is 4.00. The van der Waals surface area contributed by atoms with Crippen LogP contribution < -0.4 is 19.5 Å². The van der Waals surface area contributed by atoms with Gasteiger partial charge in [0.15, 0.2) is 11.5 Å².